The Morgan fingerprint density at radius 1 is 1.29 bits per heavy atom. The second-order valence-corrected chi connectivity index (χ2v) is 4.86. The zero-order chi connectivity index (χ0) is 12.8. The molecule has 1 aliphatic carbocycles. The second-order valence-electron chi connectivity index (χ2n) is 4.86. The van der Waals surface area contributed by atoms with Crippen LogP contribution < -0.4 is 0 Å². The number of methoxy groups -OCH3 is 1. The maximum atomic E-state index is 11.6. The summed E-state index contributed by atoms with van der Waals surface area (Å²) in [6.07, 6.45) is 6.08. The topological polar surface area (TPSA) is 46.6 Å². The Morgan fingerprint density at radius 2 is 1.88 bits per heavy atom. The first-order valence-electron chi connectivity index (χ1n) is 6.40. The van der Waals surface area contributed by atoms with Crippen LogP contribution in [0.25, 0.3) is 0 Å². The number of nitrogens with zero attached hydrogens (tertiary/aromatic N) is 1. The van der Waals surface area contributed by atoms with Crippen molar-refractivity contribution in [2.75, 3.05) is 13.7 Å². The van der Waals surface area contributed by atoms with Gasteiger partial charge in [0.1, 0.15) is 6.54 Å². The van der Waals surface area contributed by atoms with Gasteiger partial charge in [0.15, 0.2) is 0 Å². The fourth-order valence-corrected chi connectivity index (χ4v) is 2.62. The number of amides is 1. The van der Waals surface area contributed by atoms with Crippen LogP contribution in [0.5, 0.6) is 0 Å². The summed E-state index contributed by atoms with van der Waals surface area (Å²) in [4.78, 5) is 24.5. The molecule has 1 amide bonds. The lowest BCUT2D eigenvalue weighted by Crippen LogP contribution is -2.45. The zero-order valence-corrected chi connectivity index (χ0v) is 11.1. The molecule has 1 saturated carbocycles. The van der Waals surface area contributed by atoms with Gasteiger partial charge in [-0.05, 0) is 25.7 Å². The van der Waals surface area contributed by atoms with Crippen molar-refractivity contribution in [1.29, 1.82) is 0 Å². The van der Waals surface area contributed by atoms with Crippen LogP contribution in [0.1, 0.15) is 46.0 Å². The van der Waals surface area contributed by atoms with Crippen LogP contribution in [0.15, 0.2) is 0 Å². The van der Waals surface area contributed by atoms with Gasteiger partial charge in [-0.3, -0.25) is 9.59 Å². The smallest absolute Gasteiger partial charge is 0.325 e. The first kappa shape index (κ1) is 14.0. The number of carbonyl (C=O) groups is 2. The monoisotopic (exact) mass is 241 g/mol. The highest BCUT2D eigenvalue weighted by atomic mass is 16.5. The highest BCUT2D eigenvalue weighted by Gasteiger charge is 2.28. The Balaban J connectivity index is 2.61. The molecule has 4 nitrogen and oxygen atoms in total. The van der Waals surface area contributed by atoms with E-state index in [2.05, 4.69) is 4.74 Å². The molecule has 0 radical (unpaired) electrons. The largest absolute Gasteiger partial charge is 0.468 e. The van der Waals surface area contributed by atoms with Crippen LogP contribution in [-0.2, 0) is 14.3 Å². The zero-order valence-electron chi connectivity index (χ0n) is 11.1. The van der Waals surface area contributed by atoms with E-state index in [1.165, 1.54) is 33.3 Å². The summed E-state index contributed by atoms with van der Waals surface area (Å²) in [5.41, 5.74) is 0. The summed E-state index contributed by atoms with van der Waals surface area (Å²) in [5.74, 6) is 0.133. The van der Waals surface area contributed by atoms with Crippen molar-refractivity contribution < 1.29 is 14.3 Å². The first-order valence-corrected chi connectivity index (χ1v) is 6.40. The van der Waals surface area contributed by atoms with Crippen molar-refractivity contribution in [2.24, 2.45) is 5.92 Å². The molecule has 1 unspecified atom stereocenters. The van der Waals surface area contributed by atoms with E-state index in [0.29, 0.717) is 5.92 Å². The van der Waals surface area contributed by atoms with E-state index in [1.54, 1.807) is 4.90 Å². The molecule has 1 fully saturated rings. The van der Waals surface area contributed by atoms with Crippen molar-refractivity contribution in [3.8, 4) is 0 Å². The Labute approximate surface area is 103 Å². The van der Waals surface area contributed by atoms with Gasteiger partial charge in [0.05, 0.1) is 7.11 Å². The van der Waals surface area contributed by atoms with Gasteiger partial charge in [-0.2, -0.15) is 0 Å². The molecule has 0 spiro atoms. The average Bonchev–Trinajstić information content (AvgIpc) is 2.35. The number of ether oxygens (including phenoxy) is 1. The third-order valence-electron chi connectivity index (χ3n) is 3.76. The average molecular weight is 241 g/mol. The van der Waals surface area contributed by atoms with E-state index < -0.39 is 0 Å². The quantitative estimate of drug-likeness (QED) is 0.707. The lowest BCUT2D eigenvalue weighted by molar-refractivity contribution is -0.148. The van der Waals surface area contributed by atoms with Gasteiger partial charge in [-0.1, -0.05) is 19.3 Å². The molecule has 0 aromatic heterocycles. The molecule has 1 aliphatic rings. The van der Waals surface area contributed by atoms with Crippen molar-refractivity contribution in [2.45, 2.75) is 52.0 Å². The number of hydrogen-bond acceptors (Lipinski definition) is 3. The predicted octanol–water partition coefficient (Wildman–Crippen LogP) is 1.98. The third-order valence-corrected chi connectivity index (χ3v) is 3.76. The fourth-order valence-electron chi connectivity index (χ4n) is 2.62. The SMILES string of the molecule is COC(=O)CN(C(C)=O)C(C)C1CCCCC1. The molecule has 0 aromatic carbocycles. The van der Waals surface area contributed by atoms with E-state index >= 15 is 0 Å². The Morgan fingerprint density at radius 3 is 2.35 bits per heavy atom. The van der Waals surface area contributed by atoms with Crippen LogP contribution in [-0.4, -0.2) is 36.5 Å². The lowest BCUT2D eigenvalue weighted by atomic mass is 9.84. The molecule has 0 aromatic rings. The minimum Gasteiger partial charge on any atom is -0.468 e. The maximum Gasteiger partial charge on any atom is 0.325 e. The predicted molar refractivity (Wildman–Crippen MR) is 65.4 cm³/mol. The molecular formula is C13H23NO3. The van der Waals surface area contributed by atoms with E-state index in [4.69, 9.17) is 0 Å². The summed E-state index contributed by atoms with van der Waals surface area (Å²) >= 11 is 0. The highest BCUT2D eigenvalue weighted by molar-refractivity contribution is 5.80. The number of carbonyl (C=O) groups excluding carboxylic acids is 2. The Kier molecular flexibility index (Phi) is 5.45. The van der Waals surface area contributed by atoms with Crippen molar-refractivity contribution >= 4 is 11.9 Å². The molecular weight excluding hydrogens is 218 g/mol. The molecule has 0 saturated heterocycles. The minimum atomic E-state index is -0.345. The summed E-state index contributed by atoms with van der Waals surface area (Å²) in [7, 11) is 1.35. The number of esters is 1. The van der Waals surface area contributed by atoms with Gasteiger partial charge in [0.2, 0.25) is 5.91 Å². The fraction of sp³-hybridized carbons (Fsp3) is 0.846. The van der Waals surface area contributed by atoms with Gasteiger partial charge in [-0.25, -0.2) is 0 Å². The number of hydrogen-bond donors (Lipinski definition) is 0. The Hall–Kier alpha value is -1.06. The van der Waals surface area contributed by atoms with Crippen molar-refractivity contribution in [3.05, 3.63) is 0 Å². The summed E-state index contributed by atoms with van der Waals surface area (Å²) in [6.45, 7) is 3.63. The van der Waals surface area contributed by atoms with Gasteiger partial charge in [0, 0.05) is 13.0 Å². The molecule has 1 atom stereocenters. The molecule has 98 valence electrons. The molecule has 0 heterocycles. The lowest BCUT2D eigenvalue weighted by Gasteiger charge is -2.35. The van der Waals surface area contributed by atoms with Gasteiger partial charge in [0.25, 0.3) is 0 Å². The second kappa shape index (κ2) is 6.62. The summed E-state index contributed by atoms with van der Waals surface area (Å²) < 4.78 is 4.64. The standard InChI is InChI=1S/C13H23NO3/c1-10(12-7-5-4-6-8-12)14(11(2)15)9-13(16)17-3/h10,12H,4-9H2,1-3H3. The minimum absolute atomic E-state index is 0.0477. The van der Waals surface area contributed by atoms with Crippen LogP contribution in [0.3, 0.4) is 0 Å². The highest BCUT2D eigenvalue weighted by Crippen LogP contribution is 2.28. The maximum absolute atomic E-state index is 11.6. The number of rotatable bonds is 4. The summed E-state index contributed by atoms with van der Waals surface area (Å²) in [6, 6.07) is 0.131. The molecule has 17 heavy (non-hydrogen) atoms. The Bertz CT molecular complexity index is 272. The van der Waals surface area contributed by atoms with Gasteiger partial charge < -0.3 is 9.64 Å². The normalized spacial score (nSPS) is 18.5. The van der Waals surface area contributed by atoms with Gasteiger partial charge in [-0.15, -0.1) is 0 Å². The van der Waals surface area contributed by atoms with E-state index in [-0.39, 0.29) is 24.5 Å². The van der Waals surface area contributed by atoms with Crippen LogP contribution in [0.2, 0.25) is 0 Å². The molecule has 0 aliphatic heterocycles. The van der Waals surface area contributed by atoms with Gasteiger partial charge >= 0.3 is 5.97 Å². The van der Waals surface area contributed by atoms with E-state index in [1.807, 2.05) is 6.92 Å². The molecule has 1 rings (SSSR count). The van der Waals surface area contributed by atoms with E-state index in [9.17, 15) is 9.59 Å². The van der Waals surface area contributed by atoms with Crippen LogP contribution >= 0.6 is 0 Å². The van der Waals surface area contributed by atoms with Crippen molar-refractivity contribution in [3.63, 3.8) is 0 Å². The molecule has 4 heteroatoms. The van der Waals surface area contributed by atoms with Crippen molar-refractivity contribution in [1.82, 2.24) is 4.90 Å². The summed E-state index contributed by atoms with van der Waals surface area (Å²) in [5, 5.41) is 0. The molecule has 0 bridgehead atoms. The van der Waals surface area contributed by atoms with Crippen LogP contribution in [0, 0.1) is 5.92 Å². The third kappa shape index (κ3) is 4.02. The molecule has 0 N–H and O–H groups in total. The van der Waals surface area contributed by atoms with E-state index in [0.717, 1.165) is 12.8 Å². The first-order chi connectivity index (χ1) is 8.06. The van der Waals surface area contributed by atoms with Crippen LogP contribution in [0.4, 0.5) is 0 Å².